The summed E-state index contributed by atoms with van der Waals surface area (Å²) in [4.78, 5) is 39.7. The van der Waals surface area contributed by atoms with Crippen molar-refractivity contribution in [2.75, 3.05) is 18.0 Å². The molecule has 1 saturated heterocycles. The minimum absolute atomic E-state index is 0. The van der Waals surface area contributed by atoms with Crippen LogP contribution in [0, 0.1) is 13.8 Å². The number of halogens is 1. The van der Waals surface area contributed by atoms with E-state index in [1.807, 2.05) is 32.0 Å². The molecule has 2 N–H and O–H groups in total. The Bertz CT molecular complexity index is 983. The maximum absolute atomic E-state index is 13.0. The summed E-state index contributed by atoms with van der Waals surface area (Å²) in [6.07, 6.45) is 1.95. The van der Waals surface area contributed by atoms with Gasteiger partial charge in [0.05, 0.1) is 16.8 Å². The Morgan fingerprint density at radius 3 is 2.55 bits per heavy atom. The first-order chi connectivity index (χ1) is 13.5. The van der Waals surface area contributed by atoms with Crippen LogP contribution in [0.3, 0.4) is 0 Å². The van der Waals surface area contributed by atoms with Gasteiger partial charge in [-0.25, -0.2) is 4.90 Å². The summed E-state index contributed by atoms with van der Waals surface area (Å²) in [5.41, 5.74) is 3.42. The van der Waals surface area contributed by atoms with Crippen LogP contribution < -0.4 is 15.5 Å². The lowest BCUT2D eigenvalue weighted by Gasteiger charge is -2.23. The van der Waals surface area contributed by atoms with E-state index in [1.54, 1.807) is 12.1 Å². The van der Waals surface area contributed by atoms with Gasteiger partial charge < -0.3 is 10.6 Å². The van der Waals surface area contributed by atoms with Gasteiger partial charge in [0.2, 0.25) is 0 Å². The average Bonchev–Trinajstić information content (AvgIpc) is 2.94. The molecule has 6 nitrogen and oxygen atoms in total. The third-order valence-corrected chi connectivity index (χ3v) is 5.39. The first-order valence-corrected chi connectivity index (χ1v) is 9.57. The van der Waals surface area contributed by atoms with Crippen molar-refractivity contribution in [1.29, 1.82) is 0 Å². The Labute approximate surface area is 176 Å². The summed E-state index contributed by atoms with van der Waals surface area (Å²) in [7, 11) is 0. The highest BCUT2D eigenvalue weighted by Gasteiger charge is 2.38. The number of imide groups is 1. The maximum atomic E-state index is 13.0. The number of nitrogens with zero attached hydrogens (tertiary/aromatic N) is 1. The molecule has 0 spiro atoms. The van der Waals surface area contributed by atoms with Gasteiger partial charge >= 0.3 is 0 Å². The first-order valence-electron chi connectivity index (χ1n) is 9.57. The molecule has 7 heteroatoms. The molecule has 152 valence electrons. The van der Waals surface area contributed by atoms with Crippen molar-refractivity contribution in [3.8, 4) is 0 Å². The summed E-state index contributed by atoms with van der Waals surface area (Å²) in [6, 6.07) is 10.5. The number of hydrogen-bond donors (Lipinski definition) is 2. The maximum Gasteiger partial charge on any atom is 0.266 e. The zero-order valence-electron chi connectivity index (χ0n) is 16.5. The van der Waals surface area contributed by atoms with E-state index in [9.17, 15) is 14.4 Å². The molecular weight excluding hydrogens is 390 g/mol. The molecule has 3 amide bonds. The van der Waals surface area contributed by atoms with Gasteiger partial charge in [0.25, 0.3) is 17.7 Å². The second-order valence-corrected chi connectivity index (χ2v) is 7.51. The molecule has 1 unspecified atom stereocenters. The molecule has 2 aromatic rings. The number of fused-ring (bicyclic) bond motifs is 1. The van der Waals surface area contributed by atoms with Gasteiger partial charge in [-0.05, 0) is 68.6 Å². The zero-order chi connectivity index (χ0) is 19.8. The summed E-state index contributed by atoms with van der Waals surface area (Å²) in [5, 5.41) is 6.26. The number of hydrogen-bond acceptors (Lipinski definition) is 4. The minimum Gasteiger partial charge on any atom is -0.348 e. The predicted octanol–water partition coefficient (Wildman–Crippen LogP) is 3.01. The quantitative estimate of drug-likeness (QED) is 0.758. The molecule has 0 saturated carbocycles. The number of anilines is 1. The van der Waals surface area contributed by atoms with Gasteiger partial charge in [0.1, 0.15) is 0 Å². The van der Waals surface area contributed by atoms with Crippen molar-refractivity contribution >= 4 is 35.8 Å². The second kappa shape index (κ2) is 8.35. The van der Waals surface area contributed by atoms with E-state index in [2.05, 4.69) is 10.6 Å². The molecule has 1 fully saturated rings. The minimum atomic E-state index is -0.386. The number of nitrogens with one attached hydrogen (secondary N) is 2. The first kappa shape index (κ1) is 21.0. The van der Waals surface area contributed by atoms with Crippen LogP contribution >= 0.6 is 12.4 Å². The molecule has 2 aliphatic rings. The van der Waals surface area contributed by atoms with E-state index in [4.69, 9.17) is 0 Å². The van der Waals surface area contributed by atoms with E-state index in [0.717, 1.165) is 37.1 Å². The van der Waals surface area contributed by atoms with Crippen LogP contribution in [0.1, 0.15) is 55.0 Å². The van der Waals surface area contributed by atoms with E-state index in [1.165, 1.54) is 11.0 Å². The van der Waals surface area contributed by atoms with Crippen LogP contribution in [0.4, 0.5) is 5.69 Å². The largest absolute Gasteiger partial charge is 0.348 e. The fourth-order valence-electron chi connectivity index (χ4n) is 3.80. The van der Waals surface area contributed by atoms with Crippen molar-refractivity contribution < 1.29 is 14.4 Å². The Morgan fingerprint density at radius 2 is 1.83 bits per heavy atom. The lowest BCUT2D eigenvalue weighted by molar-refractivity contribution is 0.0919. The number of aryl methyl sites for hydroxylation is 2. The predicted molar refractivity (Wildman–Crippen MR) is 114 cm³/mol. The molecule has 4 rings (SSSR count). The van der Waals surface area contributed by atoms with Gasteiger partial charge in [0, 0.05) is 18.2 Å². The van der Waals surface area contributed by atoms with Gasteiger partial charge in [-0.3, -0.25) is 14.4 Å². The van der Waals surface area contributed by atoms with Gasteiger partial charge in [0.15, 0.2) is 0 Å². The third-order valence-electron chi connectivity index (χ3n) is 5.39. The second-order valence-electron chi connectivity index (χ2n) is 7.51. The average molecular weight is 414 g/mol. The number of benzene rings is 2. The summed E-state index contributed by atoms with van der Waals surface area (Å²) >= 11 is 0. The van der Waals surface area contributed by atoms with Crippen molar-refractivity contribution in [3.63, 3.8) is 0 Å². The number of carbonyl (C=O) groups is 3. The number of piperidine rings is 1. The smallest absolute Gasteiger partial charge is 0.266 e. The molecule has 0 radical (unpaired) electrons. The monoisotopic (exact) mass is 413 g/mol. The SMILES string of the molecule is Cc1ccc(C)c(N2C(=O)c3ccc(C(=O)NC4CCCNC4)cc3C2=O)c1.Cl. The summed E-state index contributed by atoms with van der Waals surface area (Å²) in [5.74, 6) is -0.957. The Balaban J connectivity index is 0.00000240. The van der Waals surface area contributed by atoms with Gasteiger partial charge in [-0.1, -0.05) is 12.1 Å². The Kier molecular flexibility index (Phi) is 6.05. The van der Waals surface area contributed by atoms with Crippen molar-refractivity contribution in [3.05, 3.63) is 64.2 Å². The Hall–Kier alpha value is -2.70. The van der Waals surface area contributed by atoms with Gasteiger partial charge in [-0.15, -0.1) is 12.4 Å². The third kappa shape index (κ3) is 3.91. The van der Waals surface area contributed by atoms with Crippen LogP contribution in [0.15, 0.2) is 36.4 Å². The normalized spacial score (nSPS) is 18.3. The molecule has 2 heterocycles. The number of amides is 3. The highest BCUT2D eigenvalue weighted by Crippen LogP contribution is 2.31. The van der Waals surface area contributed by atoms with Crippen molar-refractivity contribution in [2.24, 2.45) is 0 Å². The fourth-order valence-corrected chi connectivity index (χ4v) is 3.80. The number of rotatable bonds is 3. The Morgan fingerprint density at radius 1 is 1.07 bits per heavy atom. The fraction of sp³-hybridized carbons (Fsp3) is 0.318. The van der Waals surface area contributed by atoms with Crippen molar-refractivity contribution in [1.82, 2.24) is 10.6 Å². The highest BCUT2D eigenvalue weighted by molar-refractivity contribution is 6.35. The molecule has 2 aliphatic heterocycles. The van der Waals surface area contributed by atoms with Crippen LogP contribution in [0.5, 0.6) is 0 Å². The molecule has 0 bridgehead atoms. The zero-order valence-corrected chi connectivity index (χ0v) is 17.3. The standard InChI is InChI=1S/C22H23N3O3.ClH/c1-13-5-6-14(2)19(10-13)25-21(27)17-8-7-15(11-18(17)22(25)28)20(26)24-16-4-3-9-23-12-16;/h5-8,10-11,16,23H,3-4,9,12H2,1-2H3,(H,24,26);1H. The molecule has 29 heavy (non-hydrogen) atoms. The molecular formula is C22H24ClN3O3. The van der Waals surface area contributed by atoms with E-state index in [-0.39, 0.29) is 41.7 Å². The van der Waals surface area contributed by atoms with Crippen LogP contribution in [0.2, 0.25) is 0 Å². The van der Waals surface area contributed by atoms with Crippen LogP contribution in [-0.2, 0) is 0 Å². The molecule has 1 atom stereocenters. The van der Waals surface area contributed by atoms with Crippen molar-refractivity contribution in [2.45, 2.75) is 32.7 Å². The van der Waals surface area contributed by atoms with E-state index >= 15 is 0 Å². The van der Waals surface area contributed by atoms with Crippen LogP contribution in [0.25, 0.3) is 0 Å². The summed E-state index contributed by atoms with van der Waals surface area (Å²) < 4.78 is 0. The highest BCUT2D eigenvalue weighted by atomic mass is 35.5. The lowest BCUT2D eigenvalue weighted by Crippen LogP contribution is -2.45. The molecule has 0 aromatic heterocycles. The molecule has 0 aliphatic carbocycles. The topological polar surface area (TPSA) is 78.5 Å². The lowest BCUT2D eigenvalue weighted by atomic mass is 10.0. The van der Waals surface area contributed by atoms with E-state index in [0.29, 0.717) is 16.8 Å². The van der Waals surface area contributed by atoms with E-state index < -0.39 is 0 Å². The molecule has 2 aromatic carbocycles. The summed E-state index contributed by atoms with van der Waals surface area (Å²) in [6.45, 7) is 5.50. The number of carbonyl (C=O) groups excluding carboxylic acids is 3. The van der Waals surface area contributed by atoms with Crippen LogP contribution in [-0.4, -0.2) is 36.9 Å². The van der Waals surface area contributed by atoms with Gasteiger partial charge in [-0.2, -0.15) is 0 Å².